The van der Waals surface area contributed by atoms with Gasteiger partial charge in [0.2, 0.25) is 5.91 Å². The zero-order valence-corrected chi connectivity index (χ0v) is 17.2. The monoisotopic (exact) mass is 416 g/mol. The maximum atomic E-state index is 14.7. The highest BCUT2D eigenvalue weighted by Crippen LogP contribution is 2.26. The fourth-order valence-electron chi connectivity index (χ4n) is 3.36. The van der Waals surface area contributed by atoms with E-state index in [0.29, 0.717) is 25.2 Å². The number of hydrogen-bond acceptors (Lipinski definition) is 4. The van der Waals surface area contributed by atoms with Gasteiger partial charge in [-0.1, -0.05) is 43.0 Å². The van der Waals surface area contributed by atoms with Gasteiger partial charge < -0.3 is 5.32 Å². The topological polar surface area (TPSA) is 66.5 Å². The van der Waals surface area contributed by atoms with Gasteiger partial charge in [0.05, 0.1) is 17.5 Å². The molecule has 5 nitrogen and oxygen atoms in total. The van der Waals surface area contributed by atoms with E-state index >= 15 is 0 Å². The lowest BCUT2D eigenvalue weighted by atomic mass is 9.99. The number of rotatable bonds is 6. The average Bonchev–Trinajstić information content (AvgIpc) is 2.70. The van der Waals surface area contributed by atoms with Crippen LogP contribution in [0.5, 0.6) is 0 Å². The Bertz CT molecular complexity index is 989. The summed E-state index contributed by atoms with van der Waals surface area (Å²) in [4.78, 5) is 13.5. The van der Waals surface area contributed by atoms with Crippen LogP contribution >= 0.6 is 0 Å². The first-order valence-electron chi connectivity index (χ1n) is 9.52. The van der Waals surface area contributed by atoms with Crippen LogP contribution in [0.15, 0.2) is 55.1 Å². The van der Waals surface area contributed by atoms with Gasteiger partial charge >= 0.3 is 0 Å². The molecule has 1 aliphatic rings. The molecule has 1 fully saturated rings. The predicted octanol–water partition coefficient (Wildman–Crippen LogP) is 3.09. The molecule has 1 saturated heterocycles. The molecule has 0 unspecified atom stereocenters. The lowest BCUT2D eigenvalue weighted by molar-refractivity contribution is -0.117. The standard InChI is InChI=1S/C22H25FN2O3S/c1-3-22(26)24-16(2)18-5-7-19(8-6-18)20-9-4-17(14-21(20)23)15-25-10-12-29(27,28)13-11-25/h3-9,14,16H,1,10-13,15H2,2H3,(H,24,26)/t16-/m1/s1. The summed E-state index contributed by atoms with van der Waals surface area (Å²) in [5.74, 6) is -0.237. The Morgan fingerprint density at radius 3 is 2.45 bits per heavy atom. The lowest BCUT2D eigenvalue weighted by Gasteiger charge is -2.26. The summed E-state index contributed by atoms with van der Waals surface area (Å²) in [6.07, 6.45) is 1.23. The van der Waals surface area contributed by atoms with Crippen molar-refractivity contribution in [3.8, 4) is 11.1 Å². The summed E-state index contributed by atoms with van der Waals surface area (Å²) >= 11 is 0. The minimum absolute atomic E-state index is 0.158. The van der Waals surface area contributed by atoms with Crippen LogP contribution in [0.4, 0.5) is 4.39 Å². The van der Waals surface area contributed by atoms with E-state index in [0.717, 1.165) is 16.7 Å². The molecule has 0 aliphatic carbocycles. The minimum Gasteiger partial charge on any atom is -0.346 e. The van der Waals surface area contributed by atoms with Crippen molar-refractivity contribution in [2.75, 3.05) is 24.6 Å². The van der Waals surface area contributed by atoms with Crippen LogP contribution in [-0.4, -0.2) is 43.8 Å². The fourth-order valence-corrected chi connectivity index (χ4v) is 4.64. The highest BCUT2D eigenvalue weighted by Gasteiger charge is 2.21. The van der Waals surface area contributed by atoms with E-state index in [1.807, 2.05) is 42.2 Å². The third-order valence-corrected chi connectivity index (χ3v) is 6.75. The van der Waals surface area contributed by atoms with Crippen molar-refractivity contribution in [3.63, 3.8) is 0 Å². The molecule has 3 rings (SSSR count). The highest BCUT2D eigenvalue weighted by atomic mass is 32.2. The number of amides is 1. The van der Waals surface area contributed by atoms with E-state index in [9.17, 15) is 17.6 Å². The number of benzene rings is 2. The first kappa shape index (κ1) is 21.2. The third-order valence-electron chi connectivity index (χ3n) is 5.14. The van der Waals surface area contributed by atoms with Gasteiger partial charge in [-0.25, -0.2) is 12.8 Å². The largest absolute Gasteiger partial charge is 0.346 e. The molecule has 0 saturated carbocycles. The van der Waals surface area contributed by atoms with Crippen LogP contribution in [-0.2, 0) is 21.2 Å². The first-order chi connectivity index (χ1) is 13.8. The normalized spacial score (nSPS) is 17.4. The van der Waals surface area contributed by atoms with E-state index < -0.39 is 9.84 Å². The van der Waals surface area contributed by atoms with Gasteiger partial charge in [-0.15, -0.1) is 0 Å². The van der Waals surface area contributed by atoms with Gasteiger partial charge in [0.15, 0.2) is 9.84 Å². The van der Waals surface area contributed by atoms with E-state index in [1.165, 1.54) is 12.1 Å². The second-order valence-corrected chi connectivity index (χ2v) is 9.60. The van der Waals surface area contributed by atoms with Gasteiger partial charge in [-0.3, -0.25) is 9.69 Å². The van der Waals surface area contributed by atoms with Crippen LogP contribution < -0.4 is 5.32 Å². The maximum absolute atomic E-state index is 14.7. The summed E-state index contributed by atoms with van der Waals surface area (Å²) in [5.41, 5.74) is 3.00. The summed E-state index contributed by atoms with van der Waals surface area (Å²) in [7, 11) is -2.92. The SMILES string of the molecule is C=CC(=O)N[C@H](C)c1ccc(-c2ccc(CN3CCS(=O)(=O)CC3)cc2F)cc1. The molecule has 2 aromatic rings. The van der Waals surface area contributed by atoms with E-state index in [1.54, 1.807) is 6.07 Å². The Balaban J connectivity index is 1.68. The Kier molecular flexibility index (Phi) is 6.49. The molecule has 0 radical (unpaired) electrons. The van der Waals surface area contributed by atoms with Crippen molar-refractivity contribution in [2.24, 2.45) is 0 Å². The Hall–Kier alpha value is -2.51. The van der Waals surface area contributed by atoms with Crippen LogP contribution in [0, 0.1) is 5.82 Å². The average molecular weight is 417 g/mol. The molecule has 1 atom stereocenters. The molecule has 1 amide bonds. The van der Waals surface area contributed by atoms with Gasteiger partial charge in [0, 0.05) is 25.2 Å². The van der Waals surface area contributed by atoms with Crippen LogP contribution in [0.3, 0.4) is 0 Å². The molecule has 1 N–H and O–H groups in total. The number of sulfone groups is 1. The summed E-state index contributed by atoms with van der Waals surface area (Å²) in [5, 5.41) is 2.79. The summed E-state index contributed by atoms with van der Waals surface area (Å²) in [6, 6.07) is 12.4. The number of carbonyl (C=O) groups is 1. The number of halogens is 1. The van der Waals surface area contributed by atoms with Crippen molar-refractivity contribution in [2.45, 2.75) is 19.5 Å². The second kappa shape index (κ2) is 8.88. The first-order valence-corrected chi connectivity index (χ1v) is 11.3. The molecular weight excluding hydrogens is 391 g/mol. The zero-order valence-electron chi connectivity index (χ0n) is 16.4. The Morgan fingerprint density at radius 1 is 1.21 bits per heavy atom. The Labute approximate surface area is 171 Å². The molecule has 1 aliphatic heterocycles. The maximum Gasteiger partial charge on any atom is 0.243 e. The molecular formula is C22H25FN2O3S. The summed E-state index contributed by atoms with van der Waals surface area (Å²) in [6.45, 7) is 6.80. The van der Waals surface area contributed by atoms with Gasteiger partial charge in [-0.05, 0) is 35.8 Å². The lowest BCUT2D eigenvalue weighted by Crippen LogP contribution is -2.39. The van der Waals surface area contributed by atoms with E-state index in [2.05, 4.69) is 11.9 Å². The van der Waals surface area contributed by atoms with Crippen molar-refractivity contribution in [3.05, 3.63) is 72.1 Å². The van der Waals surface area contributed by atoms with Crippen LogP contribution in [0.2, 0.25) is 0 Å². The molecule has 0 spiro atoms. The van der Waals surface area contributed by atoms with Gasteiger partial charge in [0.25, 0.3) is 0 Å². The molecule has 29 heavy (non-hydrogen) atoms. The molecule has 2 aromatic carbocycles. The molecule has 7 heteroatoms. The van der Waals surface area contributed by atoms with Crippen LogP contribution in [0.1, 0.15) is 24.1 Å². The molecule has 0 bridgehead atoms. The number of nitrogens with zero attached hydrogens (tertiary/aromatic N) is 1. The highest BCUT2D eigenvalue weighted by molar-refractivity contribution is 7.91. The zero-order chi connectivity index (χ0) is 21.0. The molecule has 0 aromatic heterocycles. The van der Waals surface area contributed by atoms with Crippen molar-refractivity contribution >= 4 is 15.7 Å². The number of nitrogens with one attached hydrogen (secondary N) is 1. The number of hydrogen-bond donors (Lipinski definition) is 1. The Morgan fingerprint density at radius 2 is 1.86 bits per heavy atom. The number of carbonyl (C=O) groups excluding carboxylic acids is 1. The predicted molar refractivity (Wildman–Crippen MR) is 113 cm³/mol. The van der Waals surface area contributed by atoms with Crippen LogP contribution in [0.25, 0.3) is 11.1 Å². The van der Waals surface area contributed by atoms with E-state index in [4.69, 9.17) is 0 Å². The fraction of sp³-hybridized carbons (Fsp3) is 0.318. The smallest absolute Gasteiger partial charge is 0.243 e. The second-order valence-electron chi connectivity index (χ2n) is 7.30. The quantitative estimate of drug-likeness (QED) is 0.735. The summed E-state index contributed by atoms with van der Waals surface area (Å²) < 4.78 is 37.8. The molecule has 154 valence electrons. The van der Waals surface area contributed by atoms with Gasteiger partial charge in [-0.2, -0.15) is 0 Å². The van der Waals surface area contributed by atoms with Gasteiger partial charge in [0.1, 0.15) is 5.82 Å². The molecule has 1 heterocycles. The van der Waals surface area contributed by atoms with E-state index in [-0.39, 0.29) is 29.3 Å². The van der Waals surface area contributed by atoms with Crippen molar-refractivity contribution < 1.29 is 17.6 Å². The van der Waals surface area contributed by atoms with Crippen molar-refractivity contribution in [1.29, 1.82) is 0 Å². The minimum atomic E-state index is -2.92. The third kappa shape index (κ3) is 5.52. The van der Waals surface area contributed by atoms with Crippen molar-refractivity contribution in [1.82, 2.24) is 10.2 Å².